The van der Waals surface area contributed by atoms with E-state index in [1.54, 1.807) is 24.3 Å². The van der Waals surface area contributed by atoms with E-state index in [1.165, 1.54) is 26.2 Å². The first-order valence-corrected chi connectivity index (χ1v) is 9.71. The van der Waals surface area contributed by atoms with Crippen LogP contribution < -0.4 is 10.1 Å². The summed E-state index contributed by atoms with van der Waals surface area (Å²) in [5.74, 6) is -0.675. The van der Waals surface area contributed by atoms with Crippen molar-refractivity contribution in [2.75, 3.05) is 12.4 Å². The number of hydrogen-bond donors (Lipinski definition) is 2. The molecule has 3 aromatic carbocycles. The van der Waals surface area contributed by atoms with Crippen LogP contribution in [0.25, 0.3) is 21.9 Å². The summed E-state index contributed by atoms with van der Waals surface area (Å²) < 4.78 is 16.6. The fourth-order valence-electron chi connectivity index (χ4n) is 3.28. The fourth-order valence-corrected chi connectivity index (χ4v) is 3.28. The lowest BCUT2D eigenvalue weighted by Crippen LogP contribution is -2.30. The average Bonchev–Trinajstić information content (AvgIpc) is 3.15. The minimum Gasteiger partial charge on any atom is -0.495 e. The number of amides is 1. The Morgan fingerprint density at radius 3 is 2.48 bits per heavy atom. The number of carbonyl (C=O) groups excluding carboxylic acids is 2. The molecule has 7 nitrogen and oxygen atoms in total. The number of nitrogens with one attached hydrogen (secondary N) is 1. The van der Waals surface area contributed by atoms with Crippen molar-refractivity contribution in [1.82, 2.24) is 0 Å². The van der Waals surface area contributed by atoms with Crippen LogP contribution in [0.5, 0.6) is 5.75 Å². The van der Waals surface area contributed by atoms with Gasteiger partial charge in [-0.1, -0.05) is 30.3 Å². The highest BCUT2D eigenvalue weighted by atomic mass is 16.5. The Labute approximate surface area is 178 Å². The molecule has 1 atom stereocenters. The van der Waals surface area contributed by atoms with Crippen LogP contribution >= 0.6 is 0 Å². The van der Waals surface area contributed by atoms with E-state index in [1.807, 2.05) is 24.3 Å². The summed E-state index contributed by atoms with van der Waals surface area (Å²) in [6, 6.07) is 17.4. The van der Waals surface area contributed by atoms with Gasteiger partial charge in [0.15, 0.2) is 6.10 Å². The Kier molecular flexibility index (Phi) is 5.60. The van der Waals surface area contributed by atoms with Crippen molar-refractivity contribution in [1.29, 1.82) is 0 Å². The van der Waals surface area contributed by atoms with Gasteiger partial charge in [-0.25, -0.2) is 4.79 Å². The normalized spacial score (nSPS) is 12.0. The number of benzene rings is 3. The largest absolute Gasteiger partial charge is 0.495 e. The summed E-state index contributed by atoms with van der Waals surface area (Å²) in [5.41, 5.74) is 2.71. The van der Waals surface area contributed by atoms with Gasteiger partial charge in [-0.2, -0.15) is 0 Å². The molecule has 2 N–H and O–H groups in total. The molecule has 1 heterocycles. The third-order valence-electron chi connectivity index (χ3n) is 4.98. The molecule has 7 heteroatoms. The molecular formula is C24H21NO6. The van der Waals surface area contributed by atoms with E-state index < -0.39 is 18.0 Å². The van der Waals surface area contributed by atoms with Gasteiger partial charge >= 0.3 is 5.97 Å². The van der Waals surface area contributed by atoms with Crippen molar-refractivity contribution in [3.8, 4) is 5.75 Å². The number of hydrogen-bond acceptors (Lipinski definition) is 6. The highest BCUT2D eigenvalue weighted by Gasteiger charge is 2.21. The Bertz CT molecular complexity index is 1260. The Morgan fingerprint density at radius 2 is 1.77 bits per heavy atom. The molecule has 0 aliphatic rings. The minimum absolute atomic E-state index is 0.120. The van der Waals surface area contributed by atoms with Crippen LogP contribution in [0.15, 0.2) is 65.1 Å². The van der Waals surface area contributed by atoms with E-state index in [0.29, 0.717) is 22.6 Å². The number of rotatable bonds is 6. The van der Waals surface area contributed by atoms with Crippen molar-refractivity contribution in [2.24, 2.45) is 0 Å². The van der Waals surface area contributed by atoms with Crippen molar-refractivity contribution < 1.29 is 28.6 Å². The Hall–Kier alpha value is -3.84. The van der Waals surface area contributed by atoms with Crippen LogP contribution in [-0.2, 0) is 16.1 Å². The number of furan rings is 1. The lowest BCUT2D eigenvalue weighted by molar-refractivity contribution is -0.123. The molecule has 0 fully saturated rings. The third kappa shape index (κ3) is 4.08. The van der Waals surface area contributed by atoms with Gasteiger partial charge < -0.3 is 24.3 Å². The minimum atomic E-state index is -1.04. The maximum Gasteiger partial charge on any atom is 0.338 e. The summed E-state index contributed by atoms with van der Waals surface area (Å²) in [5, 5.41) is 13.6. The first-order chi connectivity index (χ1) is 15.0. The standard InChI is InChI=1S/C24H21NO6/c1-14(30-24(28)16-9-7-15(13-26)8-10-16)23(27)25-19-12-21-18(11-22(19)29-2)17-5-3-4-6-20(17)31-21/h3-12,14,26H,13H2,1-2H3,(H,25,27). The van der Waals surface area contributed by atoms with Gasteiger partial charge in [-0.3, -0.25) is 4.79 Å². The molecule has 0 saturated carbocycles. The number of para-hydroxylation sites is 1. The first kappa shape index (κ1) is 20.4. The third-order valence-corrected chi connectivity index (χ3v) is 4.98. The number of anilines is 1. The SMILES string of the molecule is COc1cc2c(cc1NC(=O)C(C)OC(=O)c1ccc(CO)cc1)oc1ccccc12. The summed E-state index contributed by atoms with van der Waals surface area (Å²) in [6.45, 7) is 1.37. The monoisotopic (exact) mass is 419 g/mol. The van der Waals surface area contributed by atoms with Gasteiger partial charge in [0.2, 0.25) is 0 Å². The summed E-state index contributed by atoms with van der Waals surface area (Å²) >= 11 is 0. The molecule has 158 valence electrons. The van der Waals surface area contributed by atoms with Gasteiger partial charge in [0.1, 0.15) is 16.9 Å². The molecule has 0 bridgehead atoms. The maximum absolute atomic E-state index is 12.6. The van der Waals surface area contributed by atoms with E-state index >= 15 is 0 Å². The Balaban J connectivity index is 1.52. The number of fused-ring (bicyclic) bond motifs is 3. The van der Waals surface area contributed by atoms with Crippen LogP contribution in [0.4, 0.5) is 5.69 Å². The van der Waals surface area contributed by atoms with Gasteiger partial charge in [0, 0.05) is 16.8 Å². The zero-order chi connectivity index (χ0) is 22.0. The lowest BCUT2D eigenvalue weighted by Gasteiger charge is -2.15. The number of aliphatic hydroxyl groups excluding tert-OH is 1. The van der Waals surface area contributed by atoms with Crippen molar-refractivity contribution in [3.05, 3.63) is 71.8 Å². The predicted molar refractivity (Wildman–Crippen MR) is 116 cm³/mol. The molecule has 0 aliphatic carbocycles. The highest BCUT2D eigenvalue weighted by Crippen LogP contribution is 2.36. The van der Waals surface area contributed by atoms with E-state index in [2.05, 4.69) is 5.32 Å². The molecule has 0 spiro atoms. The predicted octanol–water partition coefficient (Wildman–Crippen LogP) is 4.27. The highest BCUT2D eigenvalue weighted by molar-refractivity contribution is 6.08. The molecule has 1 aromatic heterocycles. The lowest BCUT2D eigenvalue weighted by atomic mass is 10.1. The maximum atomic E-state index is 12.6. The number of aliphatic hydroxyl groups is 1. The smallest absolute Gasteiger partial charge is 0.338 e. The van der Waals surface area contributed by atoms with E-state index in [4.69, 9.17) is 19.0 Å². The second-order valence-corrected chi connectivity index (χ2v) is 7.04. The second kappa shape index (κ2) is 8.49. The fraction of sp³-hybridized carbons (Fsp3) is 0.167. The van der Waals surface area contributed by atoms with Crippen LogP contribution in [-0.4, -0.2) is 30.2 Å². The topological polar surface area (TPSA) is 98.0 Å². The first-order valence-electron chi connectivity index (χ1n) is 9.71. The molecule has 1 amide bonds. The molecule has 31 heavy (non-hydrogen) atoms. The number of methoxy groups -OCH3 is 1. The van der Waals surface area contributed by atoms with Crippen molar-refractivity contribution in [2.45, 2.75) is 19.6 Å². The van der Waals surface area contributed by atoms with Gasteiger partial charge in [-0.05, 0) is 36.8 Å². The molecule has 4 aromatic rings. The van der Waals surface area contributed by atoms with E-state index in [9.17, 15) is 9.59 Å². The molecule has 0 radical (unpaired) electrons. The number of ether oxygens (including phenoxy) is 2. The van der Waals surface area contributed by atoms with Crippen LogP contribution in [0, 0.1) is 0 Å². The van der Waals surface area contributed by atoms with Crippen molar-refractivity contribution in [3.63, 3.8) is 0 Å². The molecular weight excluding hydrogens is 398 g/mol. The number of carbonyl (C=O) groups is 2. The van der Waals surface area contributed by atoms with Crippen molar-refractivity contribution >= 4 is 39.5 Å². The van der Waals surface area contributed by atoms with E-state index in [-0.39, 0.29) is 12.2 Å². The average molecular weight is 419 g/mol. The van der Waals surface area contributed by atoms with Crippen LogP contribution in [0.3, 0.4) is 0 Å². The zero-order valence-electron chi connectivity index (χ0n) is 17.0. The molecule has 0 saturated heterocycles. The molecule has 4 rings (SSSR count). The van der Waals surface area contributed by atoms with Crippen LogP contribution in [0.1, 0.15) is 22.8 Å². The van der Waals surface area contributed by atoms with Gasteiger partial charge in [0.05, 0.1) is 25.0 Å². The summed E-state index contributed by atoms with van der Waals surface area (Å²) in [4.78, 5) is 25.0. The van der Waals surface area contributed by atoms with E-state index in [0.717, 1.165) is 16.4 Å². The second-order valence-electron chi connectivity index (χ2n) is 7.04. The zero-order valence-corrected chi connectivity index (χ0v) is 17.0. The summed E-state index contributed by atoms with van der Waals surface area (Å²) in [6.07, 6.45) is -1.04. The van der Waals surface area contributed by atoms with Gasteiger partial charge in [0.25, 0.3) is 5.91 Å². The van der Waals surface area contributed by atoms with Crippen LogP contribution in [0.2, 0.25) is 0 Å². The Morgan fingerprint density at radius 1 is 1.03 bits per heavy atom. The molecule has 0 aliphatic heterocycles. The van der Waals surface area contributed by atoms with Gasteiger partial charge in [-0.15, -0.1) is 0 Å². The molecule has 1 unspecified atom stereocenters. The quantitative estimate of drug-likeness (QED) is 0.453. The number of esters is 1. The summed E-state index contributed by atoms with van der Waals surface area (Å²) in [7, 11) is 1.51.